The highest BCUT2D eigenvalue weighted by molar-refractivity contribution is 7.47. The van der Waals surface area contributed by atoms with Crippen molar-refractivity contribution in [3.05, 3.63) is 24.3 Å². The van der Waals surface area contributed by atoms with Gasteiger partial charge in [-0.3, -0.25) is 13.8 Å². The molecular formula is C47H90NO12P. The Hall–Kier alpha value is -1.22. The molecule has 13 nitrogen and oxygen atoms in total. The third-order valence-electron chi connectivity index (χ3n) is 11.8. The molecule has 8 unspecified atom stereocenters. The van der Waals surface area contributed by atoms with E-state index in [1.165, 1.54) is 103 Å². The standard InChI is InChI=1S/C47H90NO12P/c1-3-5-7-9-11-13-15-17-19-20-21-22-24-26-28-30-32-34-38(49)36-41(51)48-39(37-59-61(57,58)60-47-45(55)43(53)42(52)44(54)46(47)56)40(50)35-33-31-29-27-25-23-18-16-14-12-10-8-6-4-2/h11,13,15,17,38-40,42-47,49-50,52-56H,3-10,12,14,16,18-37H2,1-2H3,(H,48,51)(H,57,58)/b13-11-,17-15-. The number of hydrogen-bond donors (Lipinski definition) is 9. The van der Waals surface area contributed by atoms with E-state index >= 15 is 0 Å². The predicted octanol–water partition coefficient (Wildman–Crippen LogP) is 8.37. The summed E-state index contributed by atoms with van der Waals surface area (Å²) in [7, 11) is -5.12. The number of aliphatic hydroxyl groups excluding tert-OH is 7. The molecule has 0 radical (unpaired) electrons. The highest BCUT2D eigenvalue weighted by Crippen LogP contribution is 2.47. The SMILES string of the molecule is CCCCC/C=C\C=C/CCCCCCCCCCC(O)CC(=O)NC(COP(=O)(O)OC1C(O)C(O)C(O)C(O)C1O)C(O)CCCCCCCCCCCCCCCC. The minimum absolute atomic E-state index is 0.225. The Bertz CT molecular complexity index is 1140. The number of rotatable bonds is 40. The Morgan fingerprint density at radius 1 is 0.574 bits per heavy atom. The van der Waals surface area contributed by atoms with Crippen molar-refractivity contribution >= 4 is 13.7 Å². The number of carbonyl (C=O) groups excluding carboxylic acids is 1. The molecule has 1 aliphatic rings. The number of nitrogens with one attached hydrogen (secondary N) is 1. The fourth-order valence-electron chi connectivity index (χ4n) is 7.82. The van der Waals surface area contributed by atoms with Crippen LogP contribution in [-0.2, 0) is 18.4 Å². The van der Waals surface area contributed by atoms with Crippen LogP contribution in [0.4, 0.5) is 0 Å². The fourth-order valence-corrected chi connectivity index (χ4v) is 8.79. The van der Waals surface area contributed by atoms with Gasteiger partial charge in [0, 0.05) is 0 Å². The van der Waals surface area contributed by atoms with Crippen LogP contribution in [0.1, 0.15) is 206 Å². The molecule has 8 atom stereocenters. The molecule has 0 saturated heterocycles. The lowest BCUT2D eigenvalue weighted by atomic mass is 9.85. The Kier molecular flexibility index (Phi) is 35.1. The molecule has 1 saturated carbocycles. The van der Waals surface area contributed by atoms with E-state index in [4.69, 9.17) is 9.05 Å². The smallest absolute Gasteiger partial charge is 0.393 e. The zero-order valence-corrected chi connectivity index (χ0v) is 39.0. The Labute approximate surface area is 369 Å². The second-order valence-electron chi connectivity index (χ2n) is 17.5. The first kappa shape index (κ1) is 57.8. The summed E-state index contributed by atoms with van der Waals surface area (Å²) in [4.78, 5) is 23.5. The van der Waals surface area contributed by atoms with Crippen molar-refractivity contribution in [1.29, 1.82) is 0 Å². The maximum absolute atomic E-state index is 13.0. The second-order valence-corrected chi connectivity index (χ2v) is 18.9. The molecule has 1 rings (SSSR count). The summed E-state index contributed by atoms with van der Waals surface area (Å²) in [6, 6.07) is -1.15. The van der Waals surface area contributed by atoms with Gasteiger partial charge in [-0.25, -0.2) is 4.57 Å². The minimum atomic E-state index is -5.12. The first-order chi connectivity index (χ1) is 29.3. The molecule has 9 N–H and O–H groups in total. The Morgan fingerprint density at radius 3 is 1.43 bits per heavy atom. The van der Waals surface area contributed by atoms with Gasteiger partial charge in [-0.05, 0) is 38.5 Å². The average molecular weight is 892 g/mol. The van der Waals surface area contributed by atoms with Crippen molar-refractivity contribution in [3.8, 4) is 0 Å². The molecule has 0 aromatic carbocycles. The van der Waals surface area contributed by atoms with Crippen molar-refractivity contribution in [1.82, 2.24) is 5.32 Å². The number of amides is 1. The molecule has 1 amide bonds. The maximum atomic E-state index is 13.0. The zero-order valence-electron chi connectivity index (χ0n) is 38.1. The van der Waals surface area contributed by atoms with Crippen molar-refractivity contribution in [2.45, 2.75) is 261 Å². The lowest BCUT2D eigenvalue weighted by Gasteiger charge is -2.41. The van der Waals surface area contributed by atoms with Crippen LogP contribution in [-0.4, -0.2) is 108 Å². The van der Waals surface area contributed by atoms with E-state index in [-0.39, 0.29) is 12.8 Å². The van der Waals surface area contributed by atoms with Gasteiger partial charge in [0.2, 0.25) is 5.91 Å². The van der Waals surface area contributed by atoms with E-state index in [1.54, 1.807) is 0 Å². The summed E-state index contributed by atoms with van der Waals surface area (Å²) in [5.41, 5.74) is 0. The van der Waals surface area contributed by atoms with Crippen molar-refractivity contribution in [3.63, 3.8) is 0 Å². The first-order valence-electron chi connectivity index (χ1n) is 24.4. The molecule has 1 fully saturated rings. The molecule has 14 heteroatoms. The highest BCUT2D eigenvalue weighted by atomic mass is 31.2. The van der Waals surface area contributed by atoms with Gasteiger partial charge in [0.25, 0.3) is 0 Å². The van der Waals surface area contributed by atoms with Crippen molar-refractivity contribution < 1.29 is 59.0 Å². The molecule has 61 heavy (non-hydrogen) atoms. The van der Waals surface area contributed by atoms with E-state index in [0.717, 1.165) is 64.2 Å². The molecular weight excluding hydrogens is 801 g/mol. The molecule has 0 heterocycles. The summed E-state index contributed by atoms with van der Waals surface area (Å²) in [6.45, 7) is 3.76. The second kappa shape index (κ2) is 37.0. The summed E-state index contributed by atoms with van der Waals surface area (Å²) in [5, 5.41) is 74.7. The van der Waals surface area contributed by atoms with Gasteiger partial charge in [-0.1, -0.05) is 186 Å². The van der Waals surface area contributed by atoms with Crippen LogP contribution >= 0.6 is 7.82 Å². The molecule has 0 aromatic rings. The molecule has 1 aliphatic carbocycles. The topological polar surface area (TPSA) is 226 Å². The van der Waals surface area contributed by atoms with Gasteiger partial charge >= 0.3 is 7.82 Å². The normalized spacial score (nSPS) is 23.4. The van der Waals surface area contributed by atoms with E-state index < -0.39 is 75.2 Å². The molecule has 0 aliphatic heterocycles. The van der Waals surface area contributed by atoms with Crippen LogP contribution in [0.25, 0.3) is 0 Å². The fraction of sp³-hybridized carbons (Fsp3) is 0.894. The first-order valence-corrected chi connectivity index (χ1v) is 25.9. The summed E-state index contributed by atoms with van der Waals surface area (Å²) < 4.78 is 22.9. The Balaban J connectivity index is 2.49. The molecule has 0 bridgehead atoms. The van der Waals surface area contributed by atoms with Gasteiger partial charge in [0.05, 0.1) is 31.3 Å². The maximum Gasteiger partial charge on any atom is 0.472 e. The quantitative estimate of drug-likeness (QED) is 0.0161. The van der Waals surface area contributed by atoms with Crippen LogP contribution < -0.4 is 5.32 Å². The number of hydrogen-bond acceptors (Lipinski definition) is 11. The van der Waals surface area contributed by atoms with Crippen molar-refractivity contribution in [2.24, 2.45) is 0 Å². The third-order valence-corrected chi connectivity index (χ3v) is 12.8. The highest BCUT2D eigenvalue weighted by Gasteiger charge is 2.51. The molecule has 0 aromatic heterocycles. The van der Waals surface area contributed by atoms with E-state index in [2.05, 4.69) is 43.5 Å². The average Bonchev–Trinajstić information content (AvgIpc) is 3.23. The van der Waals surface area contributed by atoms with Gasteiger partial charge < -0.3 is 46.0 Å². The van der Waals surface area contributed by atoms with Gasteiger partial charge in [-0.2, -0.15) is 0 Å². The zero-order chi connectivity index (χ0) is 45.1. The largest absolute Gasteiger partial charge is 0.472 e. The number of allylic oxidation sites excluding steroid dienone is 4. The Morgan fingerprint density at radius 2 is 0.951 bits per heavy atom. The monoisotopic (exact) mass is 892 g/mol. The minimum Gasteiger partial charge on any atom is -0.393 e. The van der Waals surface area contributed by atoms with Crippen LogP contribution in [0.15, 0.2) is 24.3 Å². The number of unbranched alkanes of at least 4 members (excludes halogenated alkanes) is 24. The van der Waals surface area contributed by atoms with E-state index in [0.29, 0.717) is 12.8 Å². The number of phosphoric ester groups is 1. The number of carbonyl (C=O) groups is 1. The third kappa shape index (κ3) is 29.0. The van der Waals surface area contributed by atoms with Crippen LogP contribution in [0.2, 0.25) is 0 Å². The van der Waals surface area contributed by atoms with Crippen LogP contribution in [0.5, 0.6) is 0 Å². The molecule has 360 valence electrons. The lowest BCUT2D eigenvalue weighted by Crippen LogP contribution is -2.64. The predicted molar refractivity (Wildman–Crippen MR) is 243 cm³/mol. The van der Waals surface area contributed by atoms with Gasteiger partial charge in [0.1, 0.15) is 36.6 Å². The molecule has 0 spiro atoms. The van der Waals surface area contributed by atoms with Crippen LogP contribution in [0, 0.1) is 0 Å². The van der Waals surface area contributed by atoms with Gasteiger partial charge in [0.15, 0.2) is 0 Å². The van der Waals surface area contributed by atoms with Gasteiger partial charge in [-0.15, -0.1) is 0 Å². The van der Waals surface area contributed by atoms with Crippen molar-refractivity contribution in [2.75, 3.05) is 6.61 Å². The summed E-state index contributed by atoms with van der Waals surface area (Å²) >= 11 is 0. The summed E-state index contributed by atoms with van der Waals surface area (Å²) in [6.07, 6.45) is 26.4. The van der Waals surface area contributed by atoms with E-state index in [9.17, 15) is 50.0 Å². The number of aliphatic hydroxyl groups is 7. The number of phosphoric acid groups is 1. The lowest BCUT2D eigenvalue weighted by molar-refractivity contribution is -0.220. The summed E-state index contributed by atoms with van der Waals surface area (Å²) in [5.74, 6) is -0.564. The van der Waals surface area contributed by atoms with E-state index in [1.807, 2.05) is 0 Å². The van der Waals surface area contributed by atoms with Crippen LogP contribution in [0.3, 0.4) is 0 Å².